The Morgan fingerprint density at radius 1 is 1.26 bits per heavy atom. The van der Waals surface area contributed by atoms with Crippen LogP contribution in [0.3, 0.4) is 0 Å². The molecule has 0 unspecified atom stereocenters. The molecule has 1 aromatic rings. The zero-order valence-corrected chi connectivity index (χ0v) is 12.7. The second-order valence-corrected chi connectivity index (χ2v) is 6.44. The molecule has 0 heterocycles. The van der Waals surface area contributed by atoms with Crippen molar-refractivity contribution in [1.82, 2.24) is 0 Å². The molecule has 2 heteroatoms. The standard InChI is InChI=1S/C17H27NO/c1-12(2)14-7-9-17(18,10-8-14)15-11-13(3)5-6-16(15)19-4/h5-6,11-12,14H,7-10,18H2,1-4H3. The molecule has 2 N–H and O–H groups in total. The molecule has 0 bridgehead atoms. The molecule has 1 aromatic carbocycles. The van der Waals surface area contributed by atoms with E-state index in [4.69, 9.17) is 10.5 Å². The van der Waals surface area contributed by atoms with Crippen LogP contribution in [0.2, 0.25) is 0 Å². The molecule has 2 nitrogen and oxygen atoms in total. The smallest absolute Gasteiger partial charge is 0.123 e. The van der Waals surface area contributed by atoms with Crippen molar-refractivity contribution < 1.29 is 4.74 Å². The molecule has 0 atom stereocenters. The van der Waals surface area contributed by atoms with Gasteiger partial charge in [0.1, 0.15) is 5.75 Å². The molecule has 1 fully saturated rings. The summed E-state index contributed by atoms with van der Waals surface area (Å²) in [7, 11) is 1.73. The van der Waals surface area contributed by atoms with Gasteiger partial charge >= 0.3 is 0 Å². The van der Waals surface area contributed by atoms with E-state index < -0.39 is 0 Å². The first-order valence-electron chi connectivity index (χ1n) is 7.40. The van der Waals surface area contributed by atoms with Gasteiger partial charge in [-0.25, -0.2) is 0 Å². The van der Waals surface area contributed by atoms with Crippen molar-refractivity contribution in [3.05, 3.63) is 29.3 Å². The van der Waals surface area contributed by atoms with Crippen molar-refractivity contribution >= 4 is 0 Å². The molecule has 1 aliphatic rings. The molecule has 106 valence electrons. The molecular weight excluding hydrogens is 234 g/mol. The van der Waals surface area contributed by atoms with E-state index in [9.17, 15) is 0 Å². The Kier molecular flexibility index (Phi) is 4.19. The molecule has 0 radical (unpaired) electrons. The highest BCUT2D eigenvalue weighted by Gasteiger charge is 2.36. The molecule has 0 saturated heterocycles. The highest BCUT2D eigenvalue weighted by molar-refractivity contribution is 5.42. The first-order valence-corrected chi connectivity index (χ1v) is 7.40. The highest BCUT2D eigenvalue weighted by atomic mass is 16.5. The zero-order chi connectivity index (χ0) is 14.0. The summed E-state index contributed by atoms with van der Waals surface area (Å²) in [4.78, 5) is 0. The molecule has 2 rings (SSSR count). The van der Waals surface area contributed by atoms with Crippen LogP contribution < -0.4 is 10.5 Å². The predicted octanol–water partition coefficient (Wildman–Crippen LogP) is 4.00. The van der Waals surface area contributed by atoms with Gasteiger partial charge < -0.3 is 10.5 Å². The van der Waals surface area contributed by atoms with E-state index >= 15 is 0 Å². The minimum atomic E-state index is -0.206. The Hall–Kier alpha value is -1.02. The van der Waals surface area contributed by atoms with Gasteiger partial charge in [-0.2, -0.15) is 0 Å². The maximum atomic E-state index is 6.71. The Morgan fingerprint density at radius 2 is 1.89 bits per heavy atom. The molecule has 0 aromatic heterocycles. The summed E-state index contributed by atoms with van der Waals surface area (Å²) in [6, 6.07) is 6.34. The summed E-state index contributed by atoms with van der Waals surface area (Å²) in [5.74, 6) is 2.53. The van der Waals surface area contributed by atoms with Gasteiger partial charge in [-0.15, -0.1) is 0 Å². The zero-order valence-electron chi connectivity index (χ0n) is 12.7. The number of nitrogens with two attached hydrogens (primary N) is 1. The number of aryl methyl sites for hydroxylation is 1. The molecule has 1 aliphatic carbocycles. The van der Waals surface area contributed by atoms with Gasteiger partial charge in [0.2, 0.25) is 0 Å². The van der Waals surface area contributed by atoms with E-state index in [-0.39, 0.29) is 5.54 Å². The minimum Gasteiger partial charge on any atom is -0.496 e. The maximum Gasteiger partial charge on any atom is 0.123 e. The molecule has 19 heavy (non-hydrogen) atoms. The average Bonchev–Trinajstić information content (AvgIpc) is 2.39. The van der Waals surface area contributed by atoms with E-state index in [0.717, 1.165) is 30.4 Å². The van der Waals surface area contributed by atoms with Crippen LogP contribution in [-0.4, -0.2) is 7.11 Å². The summed E-state index contributed by atoms with van der Waals surface area (Å²) in [6.45, 7) is 6.76. The fourth-order valence-corrected chi connectivity index (χ4v) is 3.30. The maximum absolute atomic E-state index is 6.71. The normalized spacial score (nSPS) is 27.6. The molecule has 0 amide bonds. The summed E-state index contributed by atoms with van der Waals surface area (Å²) >= 11 is 0. The average molecular weight is 261 g/mol. The number of hydrogen-bond acceptors (Lipinski definition) is 2. The number of benzene rings is 1. The van der Waals surface area contributed by atoms with E-state index in [1.54, 1.807) is 7.11 Å². The van der Waals surface area contributed by atoms with Crippen LogP contribution in [0.1, 0.15) is 50.7 Å². The molecule has 0 aliphatic heterocycles. The summed E-state index contributed by atoms with van der Waals surface area (Å²) in [5.41, 5.74) is 8.95. The number of methoxy groups -OCH3 is 1. The van der Waals surface area contributed by atoms with Crippen molar-refractivity contribution in [2.24, 2.45) is 17.6 Å². The third-order valence-electron chi connectivity index (χ3n) is 4.76. The third kappa shape index (κ3) is 2.94. The largest absolute Gasteiger partial charge is 0.496 e. The van der Waals surface area contributed by atoms with Gasteiger partial charge in [-0.3, -0.25) is 0 Å². The molecular formula is C17H27NO. The SMILES string of the molecule is COc1ccc(C)cc1C1(N)CCC(C(C)C)CC1. The second kappa shape index (κ2) is 5.54. The van der Waals surface area contributed by atoms with Gasteiger partial charge in [-0.05, 0) is 50.5 Å². The van der Waals surface area contributed by atoms with Gasteiger partial charge in [0, 0.05) is 11.1 Å². The van der Waals surface area contributed by atoms with Crippen molar-refractivity contribution in [3.63, 3.8) is 0 Å². The summed E-state index contributed by atoms with van der Waals surface area (Å²) in [6.07, 6.45) is 4.59. The lowest BCUT2D eigenvalue weighted by Crippen LogP contribution is -2.41. The monoisotopic (exact) mass is 261 g/mol. The number of ether oxygens (including phenoxy) is 1. The Bertz CT molecular complexity index is 431. The van der Waals surface area contributed by atoms with Crippen LogP contribution in [0.4, 0.5) is 0 Å². The van der Waals surface area contributed by atoms with E-state index in [0.29, 0.717) is 0 Å². The summed E-state index contributed by atoms with van der Waals surface area (Å²) in [5, 5.41) is 0. The Morgan fingerprint density at radius 3 is 2.42 bits per heavy atom. The van der Waals surface area contributed by atoms with Gasteiger partial charge in [0.15, 0.2) is 0 Å². The lowest BCUT2D eigenvalue weighted by molar-refractivity contribution is 0.192. The van der Waals surface area contributed by atoms with Crippen LogP contribution in [0, 0.1) is 18.8 Å². The third-order valence-corrected chi connectivity index (χ3v) is 4.76. The molecule has 0 spiro atoms. The first kappa shape index (κ1) is 14.4. The van der Waals surface area contributed by atoms with Crippen molar-refractivity contribution in [3.8, 4) is 5.75 Å². The van der Waals surface area contributed by atoms with Crippen molar-refractivity contribution in [2.75, 3.05) is 7.11 Å². The minimum absolute atomic E-state index is 0.206. The predicted molar refractivity (Wildman–Crippen MR) is 80.4 cm³/mol. The number of hydrogen-bond donors (Lipinski definition) is 1. The van der Waals surface area contributed by atoms with Crippen LogP contribution in [0.25, 0.3) is 0 Å². The van der Waals surface area contributed by atoms with Crippen LogP contribution in [-0.2, 0) is 5.54 Å². The van der Waals surface area contributed by atoms with Gasteiger partial charge in [0.05, 0.1) is 7.11 Å². The van der Waals surface area contributed by atoms with E-state index in [1.165, 1.54) is 24.0 Å². The second-order valence-electron chi connectivity index (χ2n) is 6.44. The Labute approximate surface area is 117 Å². The summed E-state index contributed by atoms with van der Waals surface area (Å²) < 4.78 is 5.51. The lowest BCUT2D eigenvalue weighted by Gasteiger charge is -2.39. The van der Waals surface area contributed by atoms with E-state index in [2.05, 4.69) is 32.9 Å². The van der Waals surface area contributed by atoms with Crippen LogP contribution >= 0.6 is 0 Å². The molecule has 1 saturated carbocycles. The van der Waals surface area contributed by atoms with Gasteiger partial charge in [0.25, 0.3) is 0 Å². The van der Waals surface area contributed by atoms with Crippen LogP contribution in [0.15, 0.2) is 18.2 Å². The highest BCUT2D eigenvalue weighted by Crippen LogP contribution is 2.43. The van der Waals surface area contributed by atoms with Gasteiger partial charge in [-0.1, -0.05) is 31.5 Å². The fourth-order valence-electron chi connectivity index (χ4n) is 3.30. The van der Waals surface area contributed by atoms with Crippen LogP contribution in [0.5, 0.6) is 5.75 Å². The Balaban J connectivity index is 2.24. The fraction of sp³-hybridized carbons (Fsp3) is 0.647. The number of rotatable bonds is 3. The lowest BCUT2D eigenvalue weighted by atomic mass is 9.70. The quantitative estimate of drug-likeness (QED) is 0.892. The first-order chi connectivity index (χ1) is 8.96. The topological polar surface area (TPSA) is 35.2 Å². The van der Waals surface area contributed by atoms with Crippen molar-refractivity contribution in [2.45, 2.75) is 52.0 Å². The van der Waals surface area contributed by atoms with E-state index in [1.807, 2.05) is 6.07 Å². The van der Waals surface area contributed by atoms with Crippen molar-refractivity contribution in [1.29, 1.82) is 0 Å².